The topological polar surface area (TPSA) is 84.2 Å². The van der Waals surface area contributed by atoms with Gasteiger partial charge in [-0.1, -0.05) is 25.4 Å². The minimum atomic E-state index is -0.188. The third kappa shape index (κ3) is 3.29. The molecule has 1 heterocycles. The van der Waals surface area contributed by atoms with Crippen LogP contribution in [0.15, 0.2) is 12.1 Å². The number of amides is 2. The van der Waals surface area contributed by atoms with E-state index in [1.54, 1.807) is 12.1 Å². The van der Waals surface area contributed by atoms with Crippen LogP contribution in [0.4, 0.5) is 11.4 Å². The Balaban J connectivity index is 2.09. The first-order valence-electron chi connectivity index (χ1n) is 6.54. The number of benzene rings is 1. The van der Waals surface area contributed by atoms with Crippen molar-refractivity contribution in [2.75, 3.05) is 10.6 Å². The smallest absolute Gasteiger partial charge is 0.228 e. The van der Waals surface area contributed by atoms with Crippen molar-refractivity contribution in [2.45, 2.75) is 32.7 Å². The molecule has 5 nitrogen and oxygen atoms in total. The van der Waals surface area contributed by atoms with Crippen LogP contribution in [0, 0.1) is 5.92 Å². The fourth-order valence-electron chi connectivity index (χ4n) is 1.99. The number of nitrogens with one attached hydrogen (secondary N) is 2. The van der Waals surface area contributed by atoms with Gasteiger partial charge in [-0.3, -0.25) is 9.59 Å². The summed E-state index contributed by atoms with van der Waals surface area (Å²) in [6.07, 6.45) is 0.545. The molecule has 0 radical (unpaired) electrons. The second-order valence-corrected chi connectivity index (χ2v) is 5.78. The Hall–Kier alpha value is -1.59. The highest BCUT2D eigenvalue weighted by atomic mass is 35.5. The molecule has 4 N–H and O–H groups in total. The first kappa shape index (κ1) is 14.8. The van der Waals surface area contributed by atoms with Gasteiger partial charge in [-0.15, -0.1) is 0 Å². The van der Waals surface area contributed by atoms with Crippen molar-refractivity contribution in [3.8, 4) is 0 Å². The van der Waals surface area contributed by atoms with Gasteiger partial charge in [-0.25, -0.2) is 0 Å². The summed E-state index contributed by atoms with van der Waals surface area (Å²) in [6.45, 7) is 3.94. The zero-order chi connectivity index (χ0) is 14.9. The van der Waals surface area contributed by atoms with E-state index in [1.165, 1.54) is 0 Å². The fourth-order valence-corrected chi connectivity index (χ4v) is 2.21. The Morgan fingerprint density at radius 1 is 1.50 bits per heavy atom. The summed E-state index contributed by atoms with van der Waals surface area (Å²) in [6, 6.07) is 3.19. The number of anilines is 2. The molecule has 20 heavy (non-hydrogen) atoms. The number of hydrogen-bond acceptors (Lipinski definition) is 3. The van der Waals surface area contributed by atoms with Gasteiger partial charge in [0.25, 0.3) is 0 Å². The Labute approximate surface area is 122 Å². The van der Waals surface area contributed by atoms with Crippen LogP contribution in [0.3, 0.4) is 0 Å². The Bertz CT molecular complexity index is 558. The number of halogens is 1. The van der Waals surface area contributed by atoms with Gasteiger partial charge in [0.15, 0.2) is 0 Å². The molecule has 1 aliphatic rings. The van der Waals surface area contributed by atoms with Crippen molar-refractivity contribution in [3.63, 3.8) is 0 Å². The first-order chi connectivity index (χ1) is 9.36. The lowest BCUT2D eigenvalue weighted by atomic mass is 10.0. The summed E-state index contributed by atoms with van der Waals surface area (Å²) in [5, 5.41) is 5.86. The molecule has 1 unspecified atom stereocenters. The van der Waals surface area contributed by atoms with Crippen LogP contribution in [0.2, 0.25) is 5.02 Å². The number of fused-ring (bicyclic) bond motifs is 1. The third-order valence-corrected chi connectivity index (χ3v) is 3.68. The SMILES string of the molecule is CC(C)C(N)CC(=O)Nc1cc2c(cc1Cl)NC(=O)C2. The van der Waals surface area contributed by atoms with Gasteiger partial charge in [-0.05, 0) is 23.6 Å². The van der Waals surface area contributed by atoms with E-state index in [0.29, 0.717) is 22.8 Å². The number of carbonyl (C=O) groups excluding carboxylic acids is 2. The van der Waals surface area contributed by atoms with E-state index in [-0.39, 0.29) is 30.2 Å². The number of carbonyl (C=O) groups is 2. The lowest BCUT2D eigenvalue weighted by molar-refractivity contribution is -0.117. The zero-order valence-corrected chi connectivity index (χ0v) is 12.3. The van der Waals surface area contributed by atoms with E-state index < -0.39 is 0 Å². The normalized spacial score (nSPS) is 14.9. The molecular formula is C14H18ClN3O2. The van der Waals surface area contributed by atoms with Crippen molar-refractivity contribution in [1.82, 2.24) is 0 Å². The Kier molecular flexibility index (Phi) is 4.30. The highest BCUT2D eigenvalue weighted by Gasteiger charge is 2.21. The molecule has 1 aliphatic heterocycles. The standard InChI is InChI=1S/C14H18ClN3O2/c1-7(2)10(16)6-14(20)18-12-3-8-4-13(19)17-11(8)5-9(12)15/h3,5,7,10H,4,6,16H2,1-2H3,(H,17,19)(H,18,20). The predicted molar refractivity (Wildman–Crippen MR) is 79.8 cm³/mol. The molecule has 0 saturated heterocycles. The van der Waals surface area contributed by atoms with Crippen molar-refractivity contribution in [3.05, 3.63) is 22.7 Å². The lowest BCUT2D eigenvalue weighted by Crippen LogP contribution is -2.31. The molecule has 1 aromatic rings. The average molecular weight is 296 g/mol. The number of rotatable bonds is 4. The van der Waals surface area contributed by atoms with Gasteiger partial charge >= 0.3 is 0 Å². The monoisotopic (exact) mass is 295 g/mol. The van der Waals surface area contributed by atoms with E-state index in [1.807, 2.05) is 13.8 Å². The Morgan fingerprint density at radius 2 is 2.20 bits per heavy atom. The lowest BCUT2D eigenvalue weighted by Gasteiger charge is -2.15. The van der Waals surface area contributed by atoms with E-state index >= 15 is 0 Å². The van der Waals surface area contributed by atoms with Gasteiger partial charge in [0.1, 0.15) is 0 Å². The second kappa shape index (κ2) is 5.81. The van der Waals surface area contributed by atoms with Crippen LogP contribution >= 0.6 is 11.6 Å². The van der Waals surface area contributed by atoms with Crippen LogP contribution in [0.5, 0.6) is 0 Å². The summed E-state index contributed by atoms with van der Waals surface area (Å²) < 4.78 is 0. The molecule has 1 aromatic carbocycles. The van der Waals surface area contributed by atoms with Crippen molar-refractivity contribution < 1.29 is 9.59 Å². The fraction of sp³-hybridized carbons (Fsp3) is 0.429. The zero-order valence-electron chi connectivity index (χ0n) is 11.5. The van der Waals surface area contributed by atoms with Gasteiger partial charge in [0.05, 0.1) is 17.1 Å². The van der Waals surface area contributed by atoms with Gasteiger partial charge in [0, 0.05) is 18.2 Å². The third-order valence-electron chi connectivity index (χ3n) is 3.37. The van der Waals surface area contributed by atoms with Crippen LogP contribution in [0.1, 0.15) is 25.8 Å². The maximum absolute atomic E-state index is 11.9. The van der Waals surface area contributed by atoms with Crippen LogP contribution < -0.4 is 16.4 Å². The van der Waals surface area contributed by atoms with E-state index in [9.17, 15) is 9.59 Å². The minimum Gasteiger partial charge on any atom is -0.327 e. The van der Waals surface area contributed by atoms with E-state index in [2.05, 4.69) is 10.6 Å². The summed E-state index contributed by atoms with van der Waals surface area (Å²) in [4.78, 5) is 23.2. The van der Waals surface area contributed by atoms with Gasteiger partial charge in [-0.2, -0.15) is 0 Å². The molecule has 2 amide bonds. The van der Waals surface area contributed by atoms with Gasteiger partial charge < -0.3 is 16.4 Å². The van der Waals surface area contributed by atoms with E-state index in [4.69, 9.17) is 17.3 Å². The van der Waals surface area contributed by atoms with E-state index in [0.717, 1.165) is 5.56 Å². The second-order valence-electron chi connectivity index (χ2n) is 5.37. The van der Waals surface area contributed by atoms with Crippen molar-refractivity contribution in [2.24, 2.45) is 11.7 Å². The van der Waals surface area contributed by atoms with Crippen molar-refractivity contribution >= 4 is 34.8 Å². The molecule has 0 spiro atoms. The van der Waals surface area contributed by atoms with Crippen molar-refractivity contribution in [1.29, 1.82) is 0 Å². The molecule has 2 rings (SSSR count). The summed E-state index contributed by atoms with van der Waals surface area (Å²) in [7, 11) is 0. The van der Waals surface area contributed by atoms with Crippen LogP contribution in [-0.4, -0.2) is 17.9 Å². The van der Waals surface area contributed by atoms with Crippen LogP contribution in [-0.2, 0) is 16.0 Å². The average Bonchev–Trinajstić information content (AvgIpc) is 2.68. The summed E-state index contributed by atoms with van der Waals surface area (Å²) in [5.41, 5.74) is 7.93. The summed E-state index contributed by atoms with van der Waals surface area (Å²) >= 11 is 6.10. The number of hydrogen-bond donors (Lipinski definition) is 3. The molecule has 0 aromatic heterocycles. The Morgan fingerprint density at radius 3 is 2.85 bits per heavy atom. The molecule has 0 fully saturated rings. The maximum atomic E-state index is 11.9. The van der Waals surface area contributed by atoms with Gasteiger partial charge in [0.2, 0.25) is 11.8 Å². The predicted octanol–water partition coefficient (Wildman–Crippen LogP) is 2.15. The molecule has 0 aliphatic carbocycles. The minimum absolute atomic E-state index is 0.0682. The first-order valence-corrected chi connectivity index (χ1v) is 6.92. The largest absolute Gasteiger partial charge is 0.327 e. The molecule has 0 bridgehead atoms. The van der Waals surface area contributed by atoms with Crippen LogP contribution in [0.25, 0.3) is 0 Å². The highest BCUT2D eigenvalue weighted by molar-refractivity contribution is 6.34. The molecule has 1 atom stereocenters. The molecule has 108 valence electrons. The summed E-state index contributed by atoms with van der Waals surface area (Å²) in [5.74, 6) is -0.00947. The molecule has 0 saturated carbocycles. The highest BCUT2D eigenvalue weighted by Crippen LogP contribution is 2.32. The number of nitrogens with two attached hydrogens (primary N) is 1. The molecule has 6 heteroatoms. The quantitative estimate of drug-likeness (QED) is 0.796. The maximum Gasteiger partial charge on any atom is 0.228 e. The molecular weight excluding hydrogens is 278 g/mol.